The van der Waals surface area contributed by atoms with Gasteiger partial charge in [0.1, 0.15) is 0 Å². The van der Waals surface area contributed by atoms with Gasteiger partial charge in [0.2, 0.25) is 10.0 Å². The molecular weight excluding hydrogens is 425 g/mol. The van der Waals surface area contributed by atoms with Crippen molar-refractivity contribution in [3.63, 3.8) is 0 Å². The topological polar surface area (TPSA) is 88.1 Å². The van der Waals surface area contributed by atoms with Gasteiger partial charge in [0.15, 0.2) is 0 Å². The fourth-order valence-electron chi connectivity index (χ4n) is 2.58. The number of morpholine rings is 1. The molecule has 2 aromatic rings. The zero-order valence-electron chi connectivity index (χ0n) is 14.6. The van der Waals surface area contributed by atoms with Crippen LogP contribution < -0.4 is 5.43 Å². The molecule has 1 fully saturated rings. The molecule has 0 radical (unpaired) electrons. The van der Waals surface area contributed by atoms with Crippen LogP contribution in [0.2, 0.25) is 10.0 Å². The summed E-state index contributed by atoms with van der Waals surface area (Å²) >= 11 is 12.0. The van der Waals surface area contributed by atoms with Gasteiger partial charge in [-0.2, -0.15) is 9.41 Å². The summed E-state index contributed by atoms with van der Waals surface area (Å²) in [6.07, 6.45) is 1.36. The van der Waals surface area contributed by atoms with Crippen LogP contribution in [0.25, 0.3) is 0 Å². The van der Waals surface area contributed by atoms with Crippen molar-refractivity contribution >= 4 is 45.3 Å². The summed E-state index contributed by atoms with van der Waals surface area (Å²) in [5.74, 6) is -0.548. The van der Waals surface area contributed by atoms with Gasteiger partial charge in [-0.05, 0) is 24.3 Å². The quantitative estimate of drug-likeness (QED) is 0.570. The van der Waals surface area contributed by atoms with Crippen LogP contribution in [0.3, 0.4) is 0 Å². The Bertz CT molecular complexity index is 1010. The lowest BCUT2D eigenvalue weighted by Crippen LogP contribution is -2.40. The van der Waals surface area contributed by atoms with Crippen LogP contribution in [0.1, 0.15) is 15.9 Å². The minimum atomic E-state index is -3.69. The number of amides is 1. The van der Waals surface area contributed by atoms with E-state index in [2.05, 4.69) is 10.5 Å². The molecule has 0 atom stereocenters. The van der Waals surface area contributed by atoms with Gasteiger partial charge < -0.3 is 4.74 Å². The van der Waals surface area contributed by atoms with Crippen molar-refractivity contribution in [1.82, 2.24) is 9.73 Å². The second-order valence-electron chi connectivity index (χ2n) is 5.89. The molecular formula is C18H17Cl2N3O4S. The number of halogens is 2. The van der Waals surface area contributed by atoms with Crippen LogP contribution >= 0.6 is 23.2 Å². The molecule has 1 heterocycles. The maximum atomic E-state index is 12.7. The van der Waals surface area contributed by atoms with E-state index in [9.17, 15) is 13.2 Å². The van der Waals surface area contributed by atoms with Crippen LogP contribution in [-0.2, 0) is 14.8 Å². The summed E-state index contributed by atoms with van der Waals surface area (Å²) in [7, 11) is -3.69. The third-order valence-corrected chi connectivity index (χ3v) is 6.78. The Morgan fingerprint density at radius 3 is 2.61 bits per heavy atom. The maximum absolute atomic E-state index is 12.7. The molecule has 148 valence electrons. The number of carbonyl (C=O) groups is 1. The van der Waals surface area contributed by atoms with E-state index in [0.29, 0.717) is 28.8 Å². The summed E-state index contributed by atoms with van der Waals surface area (Å²) in [5, 5.41) is 4.55. The predicted molar refractivity (Wildman–Crippen MR) is 108 cm³/mol. The molecule has 1 aliphatic rings. The molecule has 0 spiro atoms. The maximum Gasteiger partial charge on any atom is 0.271 e. The zero-order valence-corrected chi connectivity index (χ0v) is 17.0. The molecule has 0 aromatic heterocycles. The average molecular weight is 442 g/mol. The first-order valence-electron chi connectivity index (χ1n) is 8.35. The van der Waals surface area contributed by atoms with E-state index in [0.717, 1.165) is 0 Å². The first-order chi connectivity index (χ1) is 13.4. The number of sulfonamides is 1. The van der Waals surface area contributed by atoms with Crippen molar-refractivity contribution in [2.45, 2.75) is 4.90 Å². The highest BCUT2D eigenvalue weighted by atomic mass is 35.5. The number of hydrogen-bond donors (Lipinski definition) is 1. The number of hydrazone groups is 1. The summed E-state index contributed by atoms with van der Waals surface area (Å²) in [5.41, 5.74) is 3.06. The largest absolute Gasteiger partial charge is 0.379 e. The Balaban J connectivity index is 1.73. The molecule has 0 saturated carbocycles. The molecule has 28 heavy (non-hydrogen) atoms. The highest BCUT2D eigenvalue weighted by Gasteiger charge is 2.26. The number of rotatable bonds is 5. The van der Waals surface area contributed by atoms with Gasteiger partial charge in [0, 0.05) is 24.2 Å². The average Bonchev–Trinajstić information content (AvgIpc) is 2.72. The highest BCUT2D eigenvalue weighted by molar-refractivity contribution is 7.89. The van der Waals surface area contributed by atoms with E-state index in [-0.39, 0.29) is 23.5 Å². The lowest BCUT2D eigenvalue weighted by molar-refractivity contribution is 0.0730. The number of carbonyl (C=O) groups excluding carboxylic acids is 1. The SMILES string of the molecule is O=C(N/N=C/c1cccc(Cl)c1Cl)c1cccc(S(=O)(=O)N2CCOCC2)c1. The predicted octanol–water partition coefficient (Wildman–Crippen LogP) is 2.78. The van der Waals surface area contributed by atoms with Crippen molar-refractivity contribution < 1.29 is 17.9 Å². The van der Waals surface area contributed by atoms with Gasteiger partial charge in [0.25, 0.3) is 5.91 Å². The monoisotopic (exact) mass is 441 g/mol. The number of nitrogens with one attached hydrogen (secondary N) is 1. The molecule has 7 nitrogen and oxygen atoms in total. The lowest BCUT2D eigenvalue weighted by Gasteiger charge is -2.26. The van der Waals surface area contributed by atoms with Crippen molar-refractivity contribution in [2.75, 3.05) is 26.3 Å². The molecule has 1 N–H and O–H groups in total. The second kappa shape index (κ2) is 9.02. The minimum absolute atomic E-state index is 0.0453. The van der Waals surface area contributed by atoms with Crippen molar-refractivity contribution in [3.05, 3.63) is 63.6 Å². The van der Waals surface area contributed by atoms with Crippen LogP contribution in [0, 0.1) is 0 Å². The summed E-state index contributed by atoms with van der Waals surface area (Å²) in [6, 6.07) is 10.8. The van der Waals surface area contributed by atoms with E-state index >= 15 is 0 Å². The fourth-order valence-corrected chi connectivity index (χ4v) is 4.39. The summed E-state index contributed by atoms with van der Waals surface area (Å²) < 4.78 is 32.0. The van der Waals surface area contributed by atoms with E-state index in [1.54, 1.807) is 18.2 Å². The van der Waals surface area contributed by atoms with Crippen molar-refractivity contribution in [3.8, 4) is 0 Å². The molecule has 1 amide bonds. The van der Waals surface area contributed by atoms with Gasteiger partial charge in [-0.15, -0.1) is 0 Å². The third-order valence-electron chi connectivity index (χ3n) is 4.06. The van der Waals surface area contributed by atoms with E-state index in [1.807, 2.05) is 0 Å². The van der Waals surface area contributed by atoms with Crippen molar-refractivity contribution in [1.29, 1.82) is 0 Å². The normalized spacial score (nSPS) is 15.6. The van der Waals surface area contributed by atoms with Crippen molar-refractivity contribution in [2.24, 2.45) is 5.10 Å². The van der Waals surface area contributed by atoms with Gasteiger partial charge in [-0.1, -0.05) is 41.4 Å². The van der Waals surface area contributed by atoms with Gasteiger partial charge in [-0.3, -0.25) is 4.79 Å². The first kappa shape index (κ1) is 20.8. The van der Waals surface area contributed by atoms with Gasteiger partial charge in [-0.25, -0.2) is 13.8 Å². The Kier molecular flexibility index (Phi) is 6.69. The van der Waals surface area contributed by atoms with Crippen LogP contribution in [0.5, 0.6) is 0 Å². The van der Waals surface area contributed by atoms with E-state index < -0.39 is 15.9 Å². The molecule has 0 bridgehead atoms. The molecule has 0 aliphatic carbocycles. The standard InChI is InChI=1S/C18H17Cl2N3O4S/c19-16-6-2-4-14(17(16)20)12-21-22-18(24)13-3-1-5-15(11-13)28(25,26)23-7-9-27-10-8-23/h1-6,11-12H,7-10H2,(H,22,24)/b21-12+. The van der Waals surface area contributed by atoms with Gasteiger partial charge >= 0.3 is 0 Å². The third kappa shape index (κ3) is 4.71. The highest BCUT2D eigenvalue weighted by Crippen LogP contribution is 2.24. The Hall–Kier alpha value is -1.97. The van der Waals surface area contributed by atoms with E-state index in [4.69, 9.17) is 27.9 Å². The van der Waals surface area contributed by atoms with Gasteiger partial charge in [0.05, 0.1) is 34.4 Å². The number of ether oxygens (including phenoxy) is 1. The Morgan fingerprint density at radius 2 is 1.86 bits per heavy atom. The Morgan fingerprint density at radius 1 is 1.14 bits per heavy atom. The molecule has 2 aromatic carbocycles. The van der Waals surface area contributed by atoms with E-state index in [1.165, 1.54) is 34.8 Å². The fraction of sp³-hybridized carbons (Fsp3) is 0.222. The van der Waals surface area contributed by atoms with Crippen LogP contribution in [0.4, 0.5) is 0 Å². The molecule has 10 heteroatoms. The smallest absolute Gasteiger partial charge is 0.271 e. The first-order valence-corrected chi connectivity index (χ1v) is 10.5. The minimum Gasteiger partial charge on any atom is -0.379 e. The summed E-state index contributed by atoms with van der Waals surface area (Å²) in [4.78, 5) is 12.4. The Labute approximate surface area is 172 Å². The van der Waals surface area contributed by atoms with Crippen LogP contribution in [-0.4, -0.2) is 51.1 Å². The van der Waals surface area contributed by atoms with Crippen LogP contribution in [0.15, 0.2) is 52.5 Å². The molecule has 1 saturated heterocycles. The number of hydrogen-bond acceptors (Lipinski definition) is 5. The molecule has 3 rings (SSSR count). The molecule has 0 unspecified atom stereocenters. The lowest BCUT2D eigenvalue weighted by atomic mass is 10.2. The number of benzene rings is 2. The number of nitrogens with zero attached hydrogens (tertiary/aromatic N) is 2. The zero-order chi connectivity index (χ0) is 20.1. The second-order valence-corrected chi connectivity index (χ2v) is 8.61. The summed E-state index contributed by atoms with van der Waals surface area (Å²) in [6.45, 7) is 1.26. The molecule has 1 aliphatic heterocycles.